The van der Waals surface area contributed by atoms with Crippen LogP contribution in [0.25, 0.3) is 10.9 Å². The van der Waals surface area contributed by atoms with E-state index in [9.17, 15) is 9.59 Å². The average Bonchev–Trinajstić information content (AvgIpc) is 2.90. The third kappa shape index (κ3) is 6.40. The van der Waals surface area contributed by atoms with Crippen LogP contribution in [0.5, 0.6) is 11.5 Å². The molecule has 8 nitrogen and oxygen atoms in total. The molecule has 0 saturated heterocycles. The molecule has 1 heterocycles. The van der Waals surface area contributed by atoms with Crippen LogP contribution < -0.4 is 15.0 Å². The highest BCUT2D eigenvalue weighted by atomic mass is 79.9. The van der Waals surface area contributed by atoms with E-state index in [1.54, 1.807) is 26.0 Å². The quantitative estimate of drug-likeness (QED) is 0.193. The number of rotatable bonds is 8. The minimum Gasteiger partial charge on any atom is -0.493 e. The number of fused-ring (bicyclic) bond motifs is 1. The fourth-order valence-corrected chi connectivity index (χ4v) is 5.45. The van der Waals surface area contributed by atoms with Crippen molar-refractivity contribution in [2.75, 3.05) is 13.7 Å². The van der Waals surface area contributed by atoms with Gasteiger partial charge in [-0.25, -0.2) is 9.78 Å². The van der Waals surface area contributed by atoms with Gasteiger partial charge in [-0.2, -0.15) is 9.78 Å². The highest BCUT2D eigenvalue weighted by molar-refractivity contribution is 9.10. The number of hydrogen-bond acceptors (Lipinski definition) is 7. The zero-order valence-corrected chi connectivity index (χ0v) is 25.2. The molecule has 202 valence electrons. The van der Waals surface area contributed by atoms with E-state index in [0.717, 1.165) is 30.2 Å². The highest BCUT2D eigenvalue weighted by Gasteiger charge is 2.23. The van der Waals surface area contributed by atoms with Gasteiger partial charge >= 0.3 is 5.97 Å². The topological polar surface area (TPSA) is 92.0 Å². The highest BCUT2D eigenvalue weighted by Crippen LogP contribution is 2.42. The third-order valence-corrected chi connectivity index (χ3v) is 8.13. The first kappa shape index (κ1) is 28.6. The summed E-state index contributed by atoms with van der Waals surface area (Å²) in [5, 5.41) is 5.26. The van der Waals surface area contributed by atoms with Crippen LogP contribution in [0.2, 0.25) is 5.02 Å². The Labute approximate surface area is 242 Å². The Morgan fingerprint density at radius 1 is 1.24 bits per heavy atom. The van der Waals surface area contributed by atoms with Crippen LogP contribution in [0.15, 0.2) is 43.1 Å². The molecule has 0 bridgehead atoms. The summed E-state index contributed by atoms with van der Waals surface area (Å²) in [5.41, 5.74) is 0.958. The molecule has 11 heteroatoms. The van der Waals surface area contributed by atoms with Gasteiger partial charge in [0.15, 0.2) is 18.1 Å². The molecule has 0 radical (unpaired) electrons. The van der Waals surface area contributed by atoms with E-state index < -0.39 is 5.97 Å². The van der Waals surface area contributed by atoms with E-state index in [0.29, 0.717) is 32.5 Å². The predicted octanol–water partition coefficient (Wildman–Crippen LogP) is 6.84. The van der Waals surface area contributed by atoms with Crippen LogP contribution in [0.1, 0.15) is 63.3 Å². The van der Waals surface area contributed by atoms with Gasteiger partial charge in [0.05, 0.1) is 30.3 Å². The number of esters is 1. The molecule has 0 unspecified atom stereocenters. The van der Waals surface area contributed by atoms with Crippen LogP contribution in [0, 0.1) is 0 Å². The third-order valence-electron chi connectivity index (χ3n) is 6.19. The molecule has 2 aromatic carbocycles. The van der Waals surface area contributed by atoms with Crippen molar-refractivity contribution in [3.63, 3.8) is 0 Å². The van der Waals surface area contributed by atoms with Crippen molar-refractivity contribution in [3.05, 3.63) is 60.0 Å². The molecule has 0 spiro atoms. The van der Waals surface area contributed by atoms with Gasteiger partial charge in [0.1, 0.15) is 10.8 Å². The van der Waals surface area contributed by atoms with Gasteiger partial charge in [0.2, 0.25) is 0 Å². The Morgan fingerprint density at radius 2 is 1.97 bits per heavy atom. The SMILES string of the molecule is COc1cc(C=Nn2c(C3CCCCC3)nc3ccc(Br)cc3c2=O)c(Br)c(Cl)c1OCC(=O)OC(C)C. The minimum atomic E-state index is -0.523. The molecule has 1 fully saturated rings. The van der Waals surface area contributed by atoms with Crippen molar-refractivity contribution in [2.45, 2.75) is 58.0 Å². The lowest BCUT2D eigenvalue weighted by Crippen LogP contribution is -2.25. The number of carbonyl (C=O) groups excluding carboxylic acids is 1. The van der Waals surface area contributed by atoms with Gasteiger partial charge in [-0.1, -0.05) is 46.8 Å². The second-order valence-corrected chi connectivity index (χ2v) is 11.4. The van der Waals surface area contributed by atoms with Gasteiger partial charge < -0.3 is 14.2 Å². The van der Waals surface area contributed by atoms with E-state index >= 15 is 0 Å². The Bertz CT molecular complexity index is 1430. The summed E-state index contributed by atoms with van der Waals surface area (Å²) < 4.78 is 18.9. The normalized spacial score (nSPS) is 14.4. The molecule has 0 atom stereocenters. The summed E-state index contributed by atoms with van der Waals surface area (Å²) in [5.74, 6) is 0.765. The van der Waals surface area contributed by atoms with Crippen molar-refractivity contribution < 1.29 is 19.0 Å². The number of nitrogens with zero attached hydrogens (tertiary/aromatic N) is 3. The summed E-state index contributed by atoms with van der Waals surface area (Å²) in [6.07, 6.45) is 6.55. The number of aromatic nitrogens is 2. The molecule has 4 rings (SSSR count). The van der Waals surface area contributed by atoms with Crippen LogP contribution in [-0.2, 0) is 9.53 Å². The van der Waals surface area contributed by atoms with Gasteiger partial charge in [0.25, 0.3) is 5.56 Å². The summed E-state index contributed by atoms with van der Waals surface area (Å²) >= 11 is 13.5. The maximum atomic E-state index is 13.6. The first-order chi connectivity index (χ1) is 18.2. The molecule has 1 saturated carbocycles. The first-order valence-electron chi connectivity index (χ1n) is 12.3. The molecule has 3 aromatic rings. The predicted molar refractivity (Wildman–Crippen MR) is 155 cm³/mol. The number of halogens is 3. The molecule has 38 heavy (non-hydrogen) atoms. The molecule has 0 N–H and O–H groups in total. The summed E-state index contributed by atoms with van der Waals surface area (Å²) in [6, 6.07) is 7.15. The lowest BCUT2D eigenvalue weighted by atomic mass is 9.88. The Balaban J connectivity index is 1.74. The number of carbonyl (C=O) groups is 1. The number of ether oxygens (including phenoxy) is 3. The second-order valence-electron chi connectivity index (χ2n) is 9.28. The number of hydrogen-bond donors (Lipinski definition) is 0. The molecule has 1 aliphatic rings. The van der Waals surface area contributed by atoms with Gasteiger partial charge in [-0.15, -0.1) is 0 Å². The summed E-state index contributed by atoms with van der Waals surface area (Å²) in [4.78, 5) is 30.4. The van der Waals surface area contributed by atoms with Crippen molar-refractivity contribution in [1.82, 2.24) is 9.66 Å². The maximum absolute atomic E-state index is 13.6. The van der Waals surface area contributed by atoms with Crippen molar-refractivity contribution in [3.8, 4) is 11.5 Å². The molecule has 0 amide bonds. The van der Waals surface area contributed by atoms with E-state index in [4.69, 9.17) is 30.8 Å². The zero-order valence-electron chi connectivity index (χ0n) is 21.3. The lowest BCUT2D eigenvalue weighted by Gasteiger charge is -2.22. The average molecular weight is 670 g/mol. The minimum absolute atomic E-state index is 0.143. The first-order valence-corrected chi connectivity index (χ1v) is 14.3. The smallest absolute Gasteiger partial charge is 0.344 e. The number of methoxy groups -OCH3 is 1. The van der Waals surface area contributed by atoms with Crippen molar-refractivity contribution >= 4 is 66.5 Å². The Hall–Kier alpha value is -2.43. The van der Waals surface area contributed by atoms with E-state index in [-0.39, 0.29) is 35.0 Å². The second kappa shape index (κ2) is 12.6. The fourth-order valence-electron chi connectivity index (χ4n) is 4.44. The van der Waals surface area contributed by atoms with E-state index in [1.807, 2.05) is 12.1 Å². The van der Waals surface area contributed by atoms with Crippen molar-refractivity contribution in [1.29, 1.82) is 0 Å². The van der Waals surface area contributed by atoms with E-state index in [1.165, 1.54) is 24.4 Å². The zero-order chi connectivity index (χ0) is 27.4. The van der Waals surface area contributed by atoms with Crippen LogP contribution >= 0.6 is 43.5 Å². The van der Waals surface area contributed by atoms with Gasteiger partial charge in [-0.3, -0.25) is 4.79 Å². The van der Waals surface area contributed by atoms with Crippen LogP contribution in [0.4, 0.5) is 0 Å². The Morgan fingerprint density at radius 3 is 2.66 bits per heavy atom. The largest absolute Gasteiger partial charge is 0.493 e. The summed E-state index contributed by atoms with van der Waals surface area (Å²) in [7, 11) is 1.47. The molecular formula is C27H28Br2ClN3O5. The monoisotopic (exact) mass is 667 g/mol. The molecule has 1 aromatic heterocycles. The fraction of sp³-hybridized carbons (Fsp3) is 0.407. The van der Waals surface area contributed by atoms with Crippen molar-refractivity contribution in [2.24, 2.45) is 5.10 Å². The molecule has 0 aliphatic heterocycles. The molecular weight excluding hydrogens is 642 g/mol. The number of benzene rings is 2. The van der Waals surface area contributed by atoms with Crippen LogP contribution in [0.3, 0.4) is 0 Å². The van der Waals surface area contributed by atoms with Gasteiger partial charge in [0, 0.05) is 20.4 Å². The standard InChI is InChI=1S/C27H28Br2ClN3O5/c1-15(2)38-22(34)14-37-25-21(36-3)11-17(23(29)24(25)30)13-31-33-26(16-7-5-4-6-8-16)32-20-10-9-18(28)12-19(20)27(33)35/h9-13,15-16H,4-8,14H2,1-3H3. The Kier molecular flexibility index (Phi) is 9.49. The van der Waals surface area contributed by atoms with Gasteiger partial charge in [-0.05, 0) is 66.9 Å². The molecule has 1 aliphatic carbocycles. The lowest BCUT2D eigenvalue weighted by molar-refractivity contribution is -0.149. The van der Waals surface area contributed by atoms with Crippen LogP contribution in [-0.4, -0.2) is 41.7 Å². The van der Waals surface area contributed by atoms with E-state index in [2.05, 4.69) is 37.0 Å². The summed E-state index contributed by atoms with van der Waals surface area (Å²) in [6.45, 7) is 3.18. The maximum Gasteiger partial charge on any atom is 0.344 e.